The first-order valence-electron chi connectivity index (χ1n) is 14.4. The van der Waals surface area contributed by atoms with E-state index in [-0.39, 0.29) is 46.0 Å². The molecule has 0 bridgehead atoms. The number of carbonyl (C=O) groups is 3. The van der Waals surface area contributed by atoms with Crippen LogP contribution in [0.2, 0.25) is 0 Å². The van der Waals surface area contributed by atoms with Crippen LogP contribution in [0.3, 0.4) is 0 Å². The number of anilines is 1. The molecule has 254 valence electrons. The molecule has 1 saturated heterocycles. The van der Waals surface area contributed by atoms with Gasteiger partial charge in [0, 0.05) is 52.2 Å². The van der Waals surface area contributed by atoms with Gasteiger partial charge in [0.25, 0.3) is 11.8 Å². The molecule has 6 heterocycles. The Morgan fingerprint density at radius 3 is 2.78 bits per heavy atom. The number of carbonyl (C=O) groups excluding carboxylic acids is 2. The molecule has 20 heteroatoms. The van der Waals surface area contributed by atoms with E-state index in [0.717, 1.165) is 28.8 Å². The standard InChI is InChI=1S/C29H26N8O9S3/c1-2-35-5-3-16(4-6-35)47-11-14-12-48-27-23(26(41)37(27)24(14)28(42)43)32-25(40)22(18-13-49-29(30)31-18)34-45-10-15-7-17(33-46-15)19-8-20(38)21(39)9-36(19)44/h3-9,13,23,27,44H,2,10-12H2,1H3,(H4-,30,31,32,39,40,42,43)/b34-22-/t23-,27-/m1/s1. The highest BCUT2D eigenvalue weighted by Crippen LogP contribution is 2.41. The van der Waals surface area contributed by atoms with E-state index in [1.807, 2.05) is 36.0 Å². The summed E-state index contributed by atoms with van der Waals surface area (Å²) < 4.78 is 7.61. The second kappa shape index (κ2) is 14.0. The van der Waals surface area contributed by atoms with Crippen molar-refractivity contribution in [2.75, 3.05) is 17.2 Å². The van der Waals surface area contributed by atoms with Crippen LogP contribution in [0.25, 0.3) is 11.4 Å². The molecule has 4 aromatic heterocycles. The summed E-state index contributed by atoms with van der Waals surface area (Å²) in [4.78, 5) is 62.4. The van der Waals surface area contributed by atoms with Gasteiger partial charge in [-0.1, -0.05) is 10.3 Å². The number of rotatable bonds is 12. The largest absolute Gasteiger partial charge is 0.869 e. The molecule has 0 saturated carbocycles. The second-order valence-electron chi connectivity index (χ2n) is 10.5. The minimum Gasteiger partial charge on any atom is -0.869 e. The Morgan fingerprint density at radius 1 is 1.31 bits per heavy atom. The summed E-state index contributed by atoms with van der Waals surface area (Å²) in [6, 6.07) is 5.06. The van der Waals surface area contributed by atoms with Crippen LogP contribution in [0.4, 0.5) is 5.13 Å². The summed E-state index contributed by atoms with van der Waals surface area (Å²) in [7, 11) is 0. The number of β-lactam (4-membered cyclic amide) rings is 1. The van der Waals surface area contributed by atoms with Gasteiger partial charge in [0.15, 0.2) is 41.0 Å². The average molecular weight is 727 g/mol. The molecule has 17 nitrogen and oxygen atoms in total. The van der Waals surface area contributed by atoms with Gasteiger partial charge in [0.05, 0.1) is 0 Å². The number of oxime groups is 1. The van der Waals surface area contributed by atoms with Crippen molar-refractivity contribution in [2.45, 2.75) is 36.4 Å². The van der Waals surface area contributed by atoms with Gasteiger partial charge in [0.2, 0.25) is 0 Å². The zero-order valence-electron chi connectivity index (χ0n) is 25.3. The molecule has 0 unspecified atom stereocenters. The maximum atomic E-state index is 13.5. The van der Waals surface area contributed by atoms with E-state index in [2.05, 4.69) is 20.6 Å². The van der Waals surface area contributed by atoms with Crippen molar-refractivity contribution in [1.82, 2.24) is 25.1 Å². The number of nitrogens with one attached hydrogen (secondary N) is 1. The average Bonchev–Trinajstić information content (AvgIpc) is 3.74. The molecule has 2 aliphatic heterocycles. The molecular weight excluding hydrogens is 701 g/mol. The van der Waals surface area contributed by atoms with Crippen molar-refractivity contribution < 1.29 is 43.7 Å². The minimum atomic E-state index is -1.23. The first-order chi connectivity index (χ1) is 23.5. The summed E-state index contributed by atoms with van der Waals surface area (Å²) in [6.07, 6.45) is 4.57. The number of thiazole rings is 1. The zero-order valence-corrected chi connectivity index (χ0v) is 27.8. The molecule has 1 fully saturated rings. The first kappa shape index (κ1) is 33.6. The van der Waals surface area contributed by atoms with Crippen LogP contribution in [0, 0.1) is 0 Å². The lowest BCUT2D eigenvalue weighted by Gasteiger charge is -2.49. The number of fused-ring (bicyclic) bond motifs is 1. The first-order valence-corrected chi connectivity index (χ1v) is 17.3. The number of thioether (sulfide) groups is 2. The number of pyridine rings is 2. The number of aromatic nitrogens is 4. The summed E-state index contributed by atoms with van der Waals surface area (Å²) >= 11 is 3.85. The molecule has 49 heavy (non-hydrogen) atoms. The lowest BCUT2D eigenvalue weighted by molar-refractivity contribution is -0.693. The molecule has 2 atom stereocenters. The fraction of sp³-hybridized carbons (Fsp3) is 0.241. The van der Waals surface area contributed by atoms with Crippen LogP contribution in [-0.2, 0) is 32.4 Å². The SMILES string of the molecule is CC[n+]1ccc(SCC2=C(C(=O)O)N3C(=O)[C@@H](NC(=O)/C(=N\OCc4cc(-c5cc(=O)c([O-])cn5O)no4)c4csc(N)n4)[C@H]3SC2)cc1. The summed E-state index contributed by atoms with van der Waals surface area (Å²) in [5, 5.41) is 42.7. The van der Waals surface area contributed by atoms with Crippen molar-refractivity contribution in [3.63, 3.8) is 0 Å². The number of aryl methyl sites for hydroxylation is 1. The number of carboxylic acid groups (broad SMARTS) is 1. The van der Waals surface area contributed by atoms with Gasteiger partial charge in [-0.3, -0.25) is 19.3 Å². The third kappa shape index (κ3) is 6.96. The molecule has 0 aromatic carbocycles. The third-order valence-electron chi connectivity index (χ3n) is 7.34. The van der Waals surface area contributed by atoms with E-state index in [1.54, 1.807) is 0 Å². The number of hydrogen-bond donors (Lipinski definition) is 4. The van der Waals surface area contributed by atoms with E-state index in [0.29, 0.717) is 28.0 Å². The topological polar surface area (TPSA) is 242 Å². The fourth-order valence-corrected chi connectivity index (χ4v) is 7.80. The lowest BCUT2D eigenvalue weighted by atomic mass is 10.0. The fourth-order valence-electron chi connectivity index (χ4n) is 4.89. The molecule has 5 N–H and O–H groups in total. The predicted molar refractivity (Wildman–Crippen MR) is 173 cm³/mol. The number of nitrogen functional groups attached to an aromatic ring is 1. The van der Waals surface area contributed by atoms with Crippen LogP contribution in [0.5, 0.6) is 5.75 Å². The van der Waals surface area contributed by atoms with Crippen molar-refractivity contribution in [2.24, 2.45) is 5.16 Å². The Bertz CT molecular complexity index is 2060. The summed E-state index contributed by atoms with van der Waals surface area (Å²) in [5.41, 5.74) is 5.09. The smallest absolute Gasteiger partial charge is 0.352 e. The second-order valence-corrected chi connectivity index (χ2v) is 13.5. The monoisotopic (exact) mass is 726 g/mol. The predicted octanol–water partition coefficient (Wildman–Crippen LogP) is 0.612. The molecular formula is C29H26N8O9S3. The van der Waals surface area contributed by atoms with Crippen molar-refractivity contribution in [3.8, 4) is 17.1 Å². The Morgan fingerprint density at radius 2 is 2.08 bits per heavy atom. The molecule has 0 spiro atoms. The van der Waals surface area contributed by atoms with Crippen molar-refractivity contribution in [3.05, 3.63) is 81.2 Å². The lowest BCUT2D eigenvalue weighted by Crippen LogP contribution is -2.71. The normalized spacial score (nSPS) is 17.4. The van der Waals surface area contributed by atoms with Crippen LogP contribution in [0.15, 0.2) is 78.9 Å². The molecule has 2 amide bonds. The zero-order chi connectivity index (χ0) is 34.8. The molecule has 0 radical (unpaired) electrons. The van der Waals surface area contributed by atoms with Gasteiger partial charge >= 0.3 is 5.97 Å². The minimum absolute atomic E-state index is 0.0201. The van der Waals surface area contributed by atoms with Gasteiger partial charge in [-0.25, -0.2) is 14.3 Å². The number of nitrogens with two attached hydrogens (primary N) is 1. The molecule has 2 aliphatic rings. The van der Waals surface area contributed by atoms with Gasteiger partial charge < -0.3 is 35.8 Å². The Balaban J connectivity index is 1.14. The molecule has 0 aliphatic carbocycles. The number of aliphatic carboxylic acids is 1. The number of nitrogens with zero attached hydrogens (tertiary/aromatic N) is 6. The highest BCUT2D eigenvalue weighted by atomic mass is 32.2. The van der Waals surface area contributed by atoms with Gasteiger partial charge in [-0.15, -0.1) is 34.9 Å². The van der Waals surface area contributed by atoms with Gasteiger partial charge in [-0.2, -0.15) is 4.73 Å². The van der Waals surface area contributed by atoms with E-state index in [1.165, 1.54) is 39.9 Å². The summed E-state index contributed by atoms with van der Waals surface area (Å²) in [6.45, 7) is 2.49. The van der Waals surface area contributed by atoms with Crippen LogP contribution in [0.1, 0.15) is 18.4 Å². The Hall–Kier alpha value is -5.34. The third-order valence-corrected chi connectivity index (χ3v) is 10.4. The van der Waals surface area contributed by atoms with E-state index < -0.39 is 40.4 Å². The van der Waals surface area contributed by atoms with Gasteiger partial charge in [-0.05, 0) is 18.2 Å². The maximum absolute atomic E-state index is 13.5. The maximum Gasteiger partial charge on any atom is 0.352 e. The van der Waals surface area contributed by atoms with Crippen molar-refractivity contribution >= 4 is 63.5 Å². The highest BCUT2D eigenvalue weighted by molar-refractivity contribution is 8.01. The Kier molecular flexibility index (Phi) is 9.60. The number of amides is 2. The van der Waals surface area contributed by atoms with Crippen LogP contribution < -0.4 is 26.2 Å². The summed E-state index contributed by atoms with van der Waals surface area (Å²) in [5.74, 6) is -2.76. The number of carboxylic acids is 1. The Labute approximate surface area is 288 Å². The van der Waals surface area contributed by atoms with E-state index in [9.17, 15) is 34.6 Å². The quantitative estimate of drug-likeness (QED) is 0.0391. The number of hydrogen-bond acceptors (Lipinski definition) is 15. The van der Waals surface area contributed by atoms with E-state index >= 15 is 0 Å². The van der Waals surface area contributed by atoms with Crippen LogP contribution >= 0.6 is 34.9 Å². The molecule has 6 rings (SSSR count). The highest BCUT2D eigenvalue weighted by Gasteiger charge is 2.54. The van der Waals surface area contributed by atoms with E-state index in [4.69, 9.17) is 15.1 Å². The molecule has 4 aromatic rings. The van der Waals surface area contributed by atoms with Gasteiger partial charge in [0.1, 0.15) is 40.7 Å². The van der Waals surface area contributed by atoms with Crippen LogP contribution in [-0.4, -0.2) is 76.5 Å². The van der Waals surface area contributed by atoms with Crippen molar-refractivity contribution in [1.29, 1.82) is 0 Å².